The Kier molecular flexibility index (Phi) is 6.28. The van der Waals surface area contributed by atoms with Crippen LogP contribution in [-0.2, 0) is 17.9 Å². The molecule has 0 aliphatic carbocycles. The van der Waals surface area contributed by atoms with E-state index in [-0.39, 0.29) is 12.7 Å². The van der Waals surface area contributed by atoms with Crippen LogP contribution in [0.15, 0.2) is 61.2 Å². The van der Waals surface area contributed by atoms with Crippen LogP contribution >= 0.6 is 11.6 Å². The molecular weight excluding hydrogens is 456 g/mol. The average Bonchev–Trinajstić information content (AvgIpc) is 3.51. The highest BCUT2D eigenvalue weighted by Gasteiger charge is 2.33. The Bertz CT molecular complexity index is 1300. The predicted octanol–water partition coefficient (Wildman–Crippen LogP) is 4.48. The number of aliphatic hydroxyl groups excluding tert-OH is 1. The molecule has 0 bridgehead atoms. The number of hydrogen-bond donors (Lipinski definition) is 1. The Labute approximate surface area is 202 Å². The molecule has 0 unspecified atom stereocenters. The summed E-state index contributed by atoms with van der Waals surface area (Å²) in [7, 11) is 3.24. The number of nitrogens with zero attached hydrogens (tertiary/aromatic N) is 4. The van der Waals surface area contributed by atoms with Gasteiger partial charge in [-0.15, -0.1) is 0 Å². The van der Waals surface area contributed by atoms with E-state index in [1.54, 1.807) is 31.3 Å². The summed E-state index contributed by atoms with van der Waals surface area (Å²) in [5.74, 6) is 2.03. The molecule has 4 aromatic rings. The Morgan fingerprint density at radius 2 is 2.03 bits per heavy atom. The van der Waals surface area contributed by atoms with E-state index in [9.17, 15) is 5.11 Å². The van der Waals surface area contributed by atoms with E-state index >= 15 is 0 Å². The molecule has 5 rings (SSSR count). The van der Waals surface area contributed by atoms with Crippen LogP contribution in [0.1, 0.15) is 41.1 Å². The summed E-state index contributed by atoms with van der Waals surface area (Å²) in [5, 5.41) is 14.3. The molecule has 2 aromatic heterocycles. The van der Waals surface area contributed by atoms with Gasteiger partial charge in [-0.05, 0) is 24.3 Å². The minimum atomic E-state index is -0.476. The summed E-state index contributed by atoms with van der Waals surface area (Å²) in [6.07, 6.45) is 7.00. The van der Waals surface area contributed by atoms with Crippen LogP contribution in [0.4, 0.5) is 0 Å². The van der Waals surface area contributed by atoms with Crippen LogP contribution in [0, 0.1) is 0 Å². The summed E-state index contributed by atoms with van der Waals surface area (Å²) < 4.78 is 21.9. The number of fused-ring (bicyclic) bond motifs is 3. The van der Waals surface area contributed by atoms with Gasteiger partial charge in [0, 0.05) is 53.3 Å². The van der Waals surface area contributed by atoms with Crippen LogP contribution in [0.25, 0.3) is 5.69 Å². The van der Waals surface area contributed by atoms with Gasteiger partial charge < -0.3 is 23.9 Å². The van der Waals surface area contributed by atoms with E-state index < -0.39 is 6.10 Å². The summed E-state index contributed by atoms with van der Waals surface area (Å²) in [6.45, 7) is 0.550. The molecule has 3 heterocycles. The number of rotatable bonds is 7. The highest BCUT2D eigenvalue weighted by atomic mass is 35.5. The number of aryl methyl sites for hydroxylation is 1. The van der Waals surface area contributed by atoms with E-state index in [2.05, 4.69) is 10.1 Å². The van der Waals surface area contributed by atoms with E-state index in [0.717, 1.165) is 28.2 Å². The van der Waals surface area contributed by atoms with Gasteiger partial charge in [-0.2, -0.15) is 5.10 Å². The molecule has 34 heavy (non-hydrogen) atoms. The van der Waals surface area contributed by atoms with Gasteiger partial charge in [0.15, 0.2) is 11.5 Å². The number of aromatic nitrogens is 4. The average molecular weight is 481 g/mol. The van der Waals surface area contributed by atoms with E-state index in [4.69, 9.17) is 25.8 Å². The lowest BCUT2D eigenvalue weighted by Gasteiger charge is -2.25. The van der Waals surface area contributed by atoms with Crippen molar-refractivity contribution in [3.8, 4) is 17.2 Å². The first-order valence-corrected chi connectivity index (χ1v) is 11.3. The fraction of sp³-hybridized carbons (Fsp3) is 0.280. The molecule has 0 saturated heterocycles. The maximum Gasteiger partial charge on any atom is 0.166 e. The van der Waals surface area contributed by atoms with Crippen molar-refractivity contribution in [3.63, 3.8) is 0 Å². The SMILES string of the molecule is COc1cccc([C@H]2O[C@H](CCn3cc(CO)cn3)c3nccn3-c3ccc(Cl)cc32)c1OC. The molecule has 8 nitrogen and oxygen atoms in total. The number of ether oxygens (including phenoxy) is 3. The number of hydrogen-bond acceptors (Lipinski definition) is 6. The minimum absolute atomic E-state index is 0.0435. The van der Waals surface area contributed by atoms with Crippen molar-refractivity contribution in [2.45, 2.75) is 31.8 Å². The van der Waals surface area contributed by atoms with Gasteiger partial charge in [-0.3, -0.25) is 4.68 Å². The van der Waals surface area contributed by atoms with Gasteiger partial charge in [-0.1, -0.05) is 23.7 Å². The molecule has 2 aromatic carbocycles. The molecule has 0 radical (unpaired) electrons. The molecule has 1 aliphatic heterocycles. The topological polar surface area (TPSA) is 83.6 Å². The van der Waals surface area contributed by atoms with E-state index in [0.29, 0.717) is 29.5 Å². The van der Waals surface area contributed by atoms with Crippen LogP contribution in [0.2, 0.25) is 5.02 Å². The zero-order valence-electron chi connectivity index (χ0n) is 18.9. The second-order valence-corrected chi connectivity index (χ2v) is 8.44. The fourth-order valence-corrected chi connectivity index (χ4v) is 4.61. The lowest BCUT2D eigenvalue weighted by Crippen LogP contribution is -2.15. The van der Waals surface area contributed by atoms with Crippen molar-refractivity contribution in [3.05, 3.63) is 88.7 Å². The Morgan fingerprint density at radius 1 is 1.15 bits per heavy atom. The number of aliphatic hydroxyl groups is 1. The molecule has 0 spiro atoms. The molecule has 0 saturated carbocycles. The number of methoxy groups -OCH3 is 2. The Balaban J connectivity index is 1.60. The molecule has 2 atom stereocenters. The van der Waals surface area contributed by atoms with E-state index in [1.165, 1.54) is 0 Å². The van der Waals surface area contributed by atoms with Gasteiger partial charge in [0.25, 0.3) is 0 Å². The van der Waals surface area contributed by atoms with Crippen molar-refractivity contribution in [2.75, 3.05) is 14.2 Å². The molecule has 9 heteroatoms. The van der Waals surface area contributed by atoms with Gasteiger partial charge in [0.05, 0.1) is 32.7 Å². The zero-order valence-corrected chi connectivity index (χ0v) is 19.6. The standard InChI is InChI=1S/C25H25ClN4O4/c1-32-21-5-3-4-18(24(21)33-2)23-19-12-17(26)6-7-20(19)30-11-9-27-25(30)22(34-23)8-10-29-14-16(15-31)13-28-29/h3-7,9,11-14,22-23,31H,8,10,15H2,1-2H3/t22-,23-/m1/s1. The second kappa shape index (κ2) is 9.50. The lowest BCUT2D eigenvalue weighted by molar-refractivity contribution is -0.00409. The third-order valence-electron chi connectivity index (χ3n) is 5.99. The Morgan fingerprint density at radius 3 is 2.79 bits per heavy atom. The van der Waals surface area contributed by atoms with E-state index in [1.807, 2.05) is 53.4 Å². The molecule has 0 amide bonds. The van der Waals surface area contributed by atoms with Crippen molar-refractivity contribution < 1.29 is 19.3 Å². The molecular formula is C25H25ClN4O4. The first-order chi connectivity index (χ1) is 16.6. The number of halogens is 1. The quantitative estimate of drug-likeness (QED) is 0.420. The number of benzene rings is 2. The molecule has 0 fully saturated rings. The maximum atomic E-state index is 9.36. The summed E-state index contributed by atoms with van der Waals surface area (Å²) >= 11 is 6.44. The number of para-hydroxylation sites is 1. The minimum Gasteiger partial charge on any atom is -0.493 e. The van der Waals surface area contributed by atoms with Gasteiger partial charge >= 0.3 is 0 Å². The van der Waals surface area contributed by atoms with Crippen molar-refractivity contribution >= 4 is 11.6 Å². The first kappa shape index (κ1) is 22.5. The third-order valence-corrected chi connectivity index (χ3v) is 6.23. The Hall–Kier alpha value is -3.33. The smallest absolute Gasteiger partial charge is 0.166 e. The van der Waals surface area contributed by atoms with Crippen molar-refractivity contribution in [1.29, 1.82) is 0 Å². The van der Waals surface area contributed by atoms with Gasteiger partial charge in [0.1, 0.15) is 18.0 Å². The van der Waals surface area contributed by atoms with Crippen LogP contribution in [0.3, 0.4) is 0 Å². The fourth-order valence-electron chi connectivity index (χ4n) is 4.43. The second-order valence-electron chi connectivity index (χ2n) is 8.00. The van der Waals surface area contributed by atoms with Gasteiger partial charge in [0.2, 0.25) is 0 Å². The summed E-state index contributed by atoms with van der Waals surface area (Å²) in [6, 6.07) is 11.5. The zero-order chi connectivity index (χ0) is 23.7. The summed E-state index contributed by atoms with van der Waals surface area (Å²) in [4.78, 5) is 4.64. The van der Waals surface area contributed by atoms with Crippen molar-refractivity contribution in [2.24, 2.45) is 0 Å². The van der Waals surface area contributed by atoms with Crippen LogP contribution in [0.5, 0.6) is 11.5 Å². The maximum absolute atomic E-state index is 9.36. The van der Waals surface area contributed by atoms with Crippen LogP contribution < -0.4 is 9.47 Å². The molecule has 176 valence electrons. The highest BCUT2D eigenvalue weighted by Crippen LogP contribution is 2.46. The lowest BCUT2D eigenvalue weighted by atomic mass is 9.98. The normalized spacial score (nSPS) is 17.1. The van der Waals surface area contributed by atoms with Gasteiger partial charge in [-0.25, -0.2) is 4.98 Å². The van der Waals surface area contributed by atoms with Crippen molar-refractivity contribution in [1.82, 2.24) is 19.3 Å². The predicted molar refractivity (Wildman–Crippen MR) is 127 cm³/mol. The first-order valence-electron chi connectivity index (χ1n) is 10.9. The molecule has 1 N–H and O–H groups in total. The summed E-state index contributed by atoms with van der Waals surface area (Å²) in [5.41, 5.74) is 3.45. The number of imidazole rings is 1. The molecule has 1 aliphatic rings. The largest absolute Gasteiger partial charge is 0.493 e. The third kappa shape index (κ3) is 4.04. The highest BCUT2D eigenvalue weighted by molar-refractivity contribution is 6.30. The monoisotopic (exact) mass is 480 g/mol. The van der Waals surface area contributed by atoms with Crippen LogP contribution in [-0.4, -0.2) is 38.7 Å².